The first-order valence-electron chi connectivity index (χ1n) is 9.77. The van der Waals surface area contributed by atoms with Gasteiger partial charge in [0.05, 0.1) is 0 Å². The highest BCUT2D eigenvalue weighted by atomic mass is 16.2. The van der Waals surface area contributed by atoms with Crippen LogP contribution in [0.3, 0.4) is 0 Å². The lowest BCUT2D eigenvalue weighted by Crippen LogP contribution is -2.36. The quantitative estimate of drug-likeness (QED) is 0.677. The molecule has 142 valence electrons. The van der Waals surface area contributed by atoms with Crippen molar-refractivity contribution in [3.63, 3.8) is 0 Å². The summed E-state index contributed by atoms with van der Waals surface area (Å²) in [7, 11) is 0. The summed E-state index contributed by atoms with van der Waals surface area (Å²) in [5.74, 6) is 0.710. The second kappa shape index (κ2) is 8.21. The van der Waals surface area contributed by atoms with Crippen LogP contribution in [0.2, 0.25) is 0 Å². The van der Waals surface area contributed by atoms with Crippen molar-refractivity contribution in [2.24, 2.45) is 0 Å². The van der Waals surface area contributed by atoms with E-state index in [0.29, 0.717) is 5.69 Å². The zero-order valence-electron chi connectivity index (χ0n) is 16.1. The Hall–Kier alpha value is -3.21. The van der Waals surface area contributed by atoms with E-state index in [9.17, 15) is 4.79 Å². The van der Waals surface area contributed by atoms with Gasteiger partial charge in [0.25, 0.3) is 5.91 Å². The van der Waals surface area contributed by atoms with E-state index in [4.69, 9.17) is 0 Å². The van der Waals surface area contributed by atoms with Gasteiger partial charge in [0, 0.05) is 31.4 Å². The lowest BCUT2D eigenvalue weighted by Gasteiger charge is -2.29. The third kappa shape index (κ3) is 3.74. The predicted octanol–water partition coefficient (Wildman–Crippen LogP) is 4.10. The van der Waals surface area contributed by atoms with E-state index in [1.54, 1.807) is 0 Å². The van der Waals surface area contributed by atoms with Crippen molar-refractivity contribution in [1.82, 2.24) is 9.97 Å². The van der Waals surface area contributed by atoms with Crippen LogP contribution >= 0.6 is 0 Å². The van der Waals surface area contributed by atoms with Gasteiger partial charge in [0.2, 0.25) is 0 Å². The SMILES string of the molecule is CCN(Cc1ccccc1)c1cc(C(=O)N2CCCc3ccccc32)ncn1. The molecule has 0 atom stereocenters. The van der Waals surface area contributed by atoms with Crippen molar-refractivity contribution in [2.75, 3.05) is 22.9 Å². The molecule has 0 aliphatic carbocycles. The summed E-state index contributed by atoms with van der Waals surface area (Å²) in [5.41, 5.74) is 3.86. The van der Waals surface area contributed by atoms with Gasteiger partial charge >= 0.3 is 0 Å². The molecule has 2 aromatic carbocycles. The lowest BCUT2D eigenvalue weighted by atomic mass is 10.0. The molecule has 0 bridgehead atoms. The second-order valence-electron chi connectivity index (χ2n) is 6.95. The minimum atomic E-state index is -0.0634. The topological polar surface area (TPSA) is 49.3 Å². The molecule has 0 saturated carbocycles. The van der Waals surface area contributed by atoms with Crippen molar-refractivity contribution >= 4 is 17.4 Å². The third-order valence-corrected chi connectivity index (χ3v) is 5.15. The van der Waals surface area contributed by atoms with Gasteiger partial charge in [-0.25, -0.2) is 9.97 Å². The fourth-order valence-corrected chi connectivity index (χ4v) is 3.68. The highest BCUT2D eigenvalue weighted by molar-refractivity contribution is 6.05. The number of amides is 1. The van der Waals surface area contributed by atoms with Crippen molar-refractivity contribution < 1.29 is 4.79 Å². The molecule has 1 aliphatic heterocycles. The predicted molar refractivity (Wildman–Crippen MR) is 112 cm³/mol. The number of aryl methyl sites for hydroxylation is 1. The first-order chi connectivity index (χ1) is 13.8. The number of hydrogen-bond acceptors (Lipinski definition) is 4. The average Bonchev–Trinajstić information content (AvgIpc) is 2.77. The van der Waals surface area contributed by atoms with Crippen LogP contribution in [-0.2, 0) is 13.0 Å². The average molecular weight is 372 g/mol. The van der Waals surface area contributed by atoms with Crippen LogP contribution < -0.4 is 9.80 Å². The van der Waals surface area contributed by atoms with Crippen LogP contribution in [0.25, 0.3) is 0 Å². The number of benzene rings is 2. The second-order valence-corrected chi connectivity index (χ2v) is 6.95. The Morgan fingerprint density at radius 3 is 2.68 bits per heavy atom. The fourth-order valence-electron chi connectivity index (χ4n) is 3.68. The van der Waals surface area contributed by atoms with Gasteiger partial charge in [-0.05, 0) is 37.0 Å². The van der Waals surface area contributed by atoms with Crippen molar-refractivity contribution in [2.45, 2.75) is 26.3 Å². The van der Waals surface area contributed by atoms with Gasteiger partial charge in [0.15, 0.2) is 0 Å². The largest absolute Gasteiger partial charge is 0.352 e. The maximum absolute atomic E-state index is 13.2. The van der Waals surface area contributed by atoms with Crippen LogP contribution in [0.15, 0.2) is 67.0 Å². The Kier molecular flexibility index (Phi) is 5.33. The fraction of sp³-hybridized carbons (Fsp3) is 0.261. The molecule has 4 rings (SSSR count). The Bertz CT molecular complexity index is 958. The number of carbonyl (C=O) groups is 1. The number of carbonyl (C=O) groups excluding carboxylic acids is 1. The summed E-state index contributed by atoms with van der Waals surface area (Å²) in [4.78, 5) is 25.9. The third-order valence-electron chi connectivity index (χ3n) is 5.15. The Labute approximate surface area is 165 Å². The Morgan fingerprint density at radius 1 is 1.07 bits per heavy atom. The molecule has 0 radical (unpaired) electrons. The zero-order chi connectivity index (χ0) is 19.3. The molecule has 1 aliphatic rings. The van der Waals surface area contributed by atoms with Crippen molar-refractivity contribution in [3.05, 3.63) is 83.8 Å². The maximum atomic E-state index is 13.2. The molecule has 28 heavy (non-hydrogen) atoms. The van der Waals surface area contributed by atoms with Gasteiger partial charge in [-0.3, -0.25) is 4.79 Å². The number of nitrogens with zero attached hydrogens (tertiary/aromatic N) is 4. The number of aromatic nitrogens is 2. The van der Waals surface area contributed by atoms with Crippen LogP contribution in [0, 0.1) is 0 Å². The number of para-hydroxylation sites is 1. The van der Waals surface area contributed by atoms with Crippen LogP contribution in [0.1, 0.15) is 35.0 Å². The summed E-state index contributed by atoms with van der Waals surface area (Å²) < 4.78 is 0. The van der Waals surface area contributed by atoms with E-state index in [0.717, 1.165) is 44.0 Å². The molecule has 1 aromatic heterocycles. The maximum Gasteiger partial charge on any atom is 0.277 e. The van der Waals surface area contributed by atoms with E-state index in [2.05, 4.69) is 40.0 Å². The summed E-state index contributed by atoms with van der Waals surface area (Å²) in [5, 5.41) is 0. The minimum absolute atomic E-state index is 0.0634. The summed E-state index contributed by atoms with van der Waals surface area (Å²) >= 11 is 0. The molecule has 5 heteroatoms. The Morgan fingerprint density at radius 2 is 1.86 bits per heavy atom. The number of hydrogen-bond donors (Lipinski definition) is 0. The molecule has 0 N–H and O–H groups in total. The van der Waals surface area contributed by atoms with Crippen LogP contribution in [-0.4, -0.2) is 29.0 Å². The molecule has 0 fully saturated rings. The van der Waals surface area contributed by atoms with Crippen molar-refractivity contribution in [1.29, 1.82) is 0 Å². The van der Waals surface area contributed by atoms with E-state index in [-0.39, 0.29) is 5.91 Å². The van der Waals surface area contributed by atoms with E-state index in [1.165, 1.54) is 17.5 Å². The number of fused-ring (bicyclic) bond motifs is 1. The highest BCUT2D eigenvalue weighted by Crippen LogP contribution is 2.28. The molecule has 5 nitrogen and oxygen atoms in total. The van der Waals surface area contributed by atoms with Gasteiger partial charge in [-0.15, -0.1) is 0 Å². The van der Waals surface area contributed by atoms with E-state index < -0.39 is 0 Å². The molecular formula is C23H24N4O. The molecule has 2 heterocycles. The highest BCUT2D eigenvalue weighted by Gasteiger charge is 2.24. The van der Waals surface area contributed by atoms with Gasteiger partial charge in [-0.2, -0.15) is 0 Å². The normalized spacial score (nSPS) is 13.1. The molecule has 0 spiro atoms. The van der Waals surface area contributed by atoms with Gasteiger partial charge in [-0.1, -0.05) is 48.5 Å². The first-order valence-corrected chi connectivity index (χ1v) is 9.77. The molecular weight excluding hydrogens is 348 g/mol. The first kappa shape index (κ1) is 18.2. The van der Waals surface area contributed by atoms with E-state index in [1.807, 2.05) is 47.4 Å². The molecule has 1 amide bonds. The summed E-state index contributed by atoms with van der Waals surface area (Å²) in [6.07, 6.45) is 3.47. The smallest absolute Gasteiger partial charge is 0.277 e. The molecule has 0 saturated heterocycles. The Balaban J connectivity index is 1.59. The van der Waals surface area contributed by atoms with Crippen molar-refractivity contribution in [3.8, 4) is 0 Å². The standard InChI is InChI=1S/C23H24N4O/c1-2-26(16-18-9-4-3-5-10-18)22-15-20(24-17-25-22)23(28)27-14-8-12-19-11-6-7-13-21(19)27/h3-7,9-11,13,15,17H,2,8,12,14,16H2,1H3. The minimum Gasteiger partial charge on any atom is -0.352 e. The van der Waals surface area contributed by atoms with Crippen LogP contribution in [0.4, 0.5) is 11.5 Å². The zero-order valence-corrected chi connectivity index (χ0v) is 16.1. The lowest BCUT2D eigenvalue weighted by molar-refractivity contribution is 0.0980. The summed E-state index contributed by atoms with van der Waals surface area (Å²) in [6.45, 7) is 4.35. The van der Waals surface area contributed by atoms with Crippen LogP contribution in [0.5, 0.6) is 0 Å². The van der Waals surface area contributed by atoms with E-state index >= 15 is 0 Å². The monoisotopic (exact) mass is 372 g/mol. The number of rotatable bonds is 5. The van der Waals surface area contributed by atoms with Gasteiger partial charge in [0.1, 0.15) is 17.8 Å². The summed E-state index contributed by atoms with van der Waals surface area (Å²) in [6, 6.07) is 20.2. The van der Waals surface area contributed by atoms with Gasteiger partial charge < -0.3 is 9.80 Å². The number of anilines is 2. The molecule has 3 aromatic rings. The molecule has 0 unspecified atom stereocenters.